The van der Waals surface area contributed by atoms with E-state index in [0.717, 1.165) is 6.54 Å². The van der Waals surface area contributed by atoms with Crippen LogP contribution in [0.4, 0.5) is 4.79 Å². The van der Waals surface area contributed by atoms with E-state index in [1.807, 2.05) is 0 Å². The molecule has 0 unspecified atom stereocenters. The van der Waals surface area contributed by atoms with Crippen LogP contribution < -0.4 is 11.1 Å². The van der Waals surface area contributed by atoms with Crippen LogP contribution in [0.1, 0.15) is 6.42 Å². The SMILES string of the molecule is NC(=O)N(CCC(O)O)N1CCNC1. The lowest BCUT2D eigenvalue weighted by atomic mass is 10.4. The Hall–Kier alpha value is -0.890. The Balaban J connectivity index is 2.42. The Bertz CT molecular complexity index is 193. The van der Waals surface area contributed by atoms with Crippen LogP contribution in [0, 0.1) is 0 Å². The van der Waals surface area contributed by atoms with Gasteiger partial charge in [-0.2, -0.15) is 0 Å². The summed E-state index contributed by atoms with van der Waals surface area (Å²) in [6.07, 6.45) is -1.31. The number of amides is 2. The summed E-state index contributed by atoms with van der Waals surface area (Å²) in [6, 6.07) is -0.575. The molecule has 14 heavy (non-hydrogen) atoms. The largest absolute Gasteiger partial charge is 0.368 e. The van der Waals surface area contributed by atoms with Crippen molar-refractivity contribution < 1.29 is 15.0 Å². The third-order valence-corrected chi connectivity index (χ3v) is 2.04. The maximum atomic E-state index is 11.0. The van der Waals surface area contributed by atoms with Gasteiger partial charge in [0.15, 0.2) is 6.29 Å². The Morgan fingerprint density at radius 2 is 2.36 bits per heavy atom. The molecule has 7 heteroatoms. The number of aliphatic hydroxyl groups excluding tert-OH is 1. The highest BCUT2D eigenvalue weighted by atomic mass is 16.5. The van der Waals surface area contributed by atoms with Crippen LogP contribution in [0.3, 0.4) is 0 Å². The van der Waals surface area contributed by atoms with E-state index in [1.165, 1.54) is 5.01 Å². The van der Waals surface area contributed by atoms with Crippen molar-refractivity contribution in [3.05, 3.63) is 0 Å². The first-order chi connectivity index (χ1) is 6.61. The maximum absolute atomic E-state index is 11.0. The molecule has 1 saturated heterocycles. The zero-order valence-electron chi connectivity index (χ0n) is 7.89. The highest BCUT2D eigenvalue weighted by Gasteiger charge is 2.22. The molecule has 0 spiro atoms. The number of nitrogens with two attached hydrogens (primary N) is 1. The molecule has 2 amide bonds. The average molecular weight is 204 g/mol. The summed E-state index contributed by atoms with van der Waals surface area (Å²) in [4.78, 5) is 11.0. The van der Waals surface area contributed by atoms with Crippen LogP contribution in [0.5, 0.6) is 0 Å². The molecule has 0 radical (unpaired) electrons. The minimum atomic E-state index is -1.41. The molecule has 0 bridgehead atoms. The fraction of sp³-hybridized carbons (Fsp3) is 0.857. The first kappa shape index (κ1) is 11.2. The molecule has 7 nitrogen and oxygen atoms in total. The molecule has 0 aromatic heterocycles. The summed E-state index contributed by atoms with van der Waals surface area (Å²) in [5, 5.41) is 23.4. The minimum Gasteiger partial charge on any atom is -0.368 e. The molecule has 82 valence electrons. The molecule has 1 fully saturated rings. The van der Waals surface area contributed by atoms with Crippen molar-refractivity contribution >= 4 is 6.03 Å². The second kappa shape index (κ2) is 5.11. The Kier molecular flexibility index (Phi) is 4.08. The van der Waals surface area contributed by atoms with Gasteiger partial charge in [-0.15, -0.1) is 0 Å². The number of carbonyl (C=O) groups is 1. The molecule has 1 rings (SSSR count). The monoisotopic (exact) mass is 204 g/mol. The fourth-order valence-electron chi connectivity index (χ4n) is 1.33. The molecule has 1 aliphatic heterocycles. The lowest BCUT2D eigenvalue weighted by molar-refractivity contribution is -0.0611. The van der Waals surface area contributed by atoms with Crippen LogP contribution in [0.15, 0.2) is 0 Å². The Labute approximate surface area is 82.1 Å². The van der Waals surface area contributed by atoms with E-state index < -0.39 is 12.3 Å². The number of nitrogens with one attached hydrogen (secondary N) is 1. The first-order valence-corrected chi connectivity index (χ1v) is 4.50. The summed E-state index contributed by atoms with van der Waals surface area (Å²) >= 11 is 0. The van der Waals surface area contributed by atoms with Gasteiger partial charge in [0.1, 0.15) is 0 Å². The van der Waals surface area contributed by atoms with Gasteiger partial charge in [0.25, 0.3) is 0 Å². The van der Waals surface area contributed by atoms with Crippen LogP contribution in [0.25, 0.3) is 0 Å². The third kappa shape index (κ3) is 3.11. The van der Waals surface area contributed by atoms with E-state index in [9.17, 15) is 4.79 Å². The molecule has 0 atom stereocenters. The number of primary amides is 1. The fourth-order valence-corrected chi connectivity index (χ4v) is 1.33. The van der Waals surface area contributed by atoms with Gasteiger partial charge in [-0.1, -0.05) is 0 Å². The molecular weight excluding hydrogens is 188 g/mol. The molecule has 0 aliphatic carbocycles. The topological polar surface area (TPSA) is 102 Å². The third-order valence-electron chi connectivity index (χ3n) is 2.04. The number of rotatable bonds is 4. The van der Waals surface area contributed by atoms with E-state index in [1.54, 1.807) is 5.01 Å². The maximum Gasteiger partial charge on any atom is 0.329 e. The molecular formula is C7H16N4O3. The van der Waals surface area contributed by atoms with Crippen molar-refractivity contribution in [2.45, 2.75) is 12.7 Å². The second-order valence-corrected chi connectivity index (χ2v) is 3.12. The lowest BCUT2D eigenvalue weighted by Gasteiger charge is -2.29. The van der Waals surface area contributed by atoms with Gasteiger partial charge in [-0.25, -0.2) is 9.80 Å². The molecule has 0 aromatic carbocycles. The Morgan fingerprint density at radius 1 is 1.64 bits per heavy atom. The summed E-state index contributed by atoms with van der Waals surface area (Å²) in [7, 11) is 0. The number of hydrogen-bond donors (Lipinski definition) is 4. The van der Waals surface area contributed by atoms with Crippen LogP contribution >= 0.6 is 0 Å². The highest BCUT2D eigenvalue weighted by molar-refractivity contribution is 5.71. The van der Waals surface area contributed by atoms with Crippen molar-refractivity contribution in [2.75, 3.05) is 26.3 Å². The summed E-state index contributed by atoms with van der Waals surface area (Å²) in [6.45, 7) is 2.27. The van der Waals surface area contributed by atoms with E-state index in [0.29, 0.717) is 13.2 Å². The van der Waals surface area contributed by atoms with E-state index in [4.69, 9.17) is 15.9 Å². The molecule has 5 N–H and O–H groups in total. The molecule has 1 heterocycles. The number of hydrogen-bond acceptors (Lipinski definition) is 5. The van der Waals surface area contributed by atoms with Gasteiger partial charge in [0.05, 0.1) is 6.67 Å². The number of carbonyl (C=O) groups excluding carboxylic acids is 1. The van der Waals surface area contributed by atoms with Gasteiger partial charge >= 0.3 is 6.03 Å². The zero-order valence-corrected chi connectivity index (χ0v) is 7.89. The molecule has 0 saturated carbocycles. The molecule has 1 aliphatic rings. The minimum absolute atomic E-state index is 0.0967. The lowest BCUT2D eigenvalue weighted by Crippen LogP contribution is -2.49. The normalized spacial score (nSPS) is 17.6. The standard InChI is InChI=1S/C7H16N4O3/c8-7(14)11(3-1-6(12)13)10-4-2-9-5-10/h6,9,12-13H,1-5H2,(H2,8,14). The van der Waals surface area contributed by atoms with Crippen molar-refractivity contribution in [3.63, 3.8) is 0 Å². The van der Waals surface area contributed by atoms with Gasteiger partial charge < -0.3 is 21.3 Å². The van der Waals surface area contributed by atoms with Crippen LogP contribution in [-0.4, -0.2) is 58.9 Å². The van der Waals surface area contributed by atoms with Crippen molar-refractivity contribution in [3.8, 4) is 0 Å². The van der Waals surface area contributed by atoms with Crippen molar-refractivity contribution in [1.82, 2.24) is 15.3 Å². The zero-order chi connectivity index (χ0) is 10.6. The first-order valence-electron chi connectivity index (χ1n) is 4.50. The van der Waals surface area contributed by atoms with Crippen LogP contribution in [0.2, 0.25) is 0 Å². The van der Waals surface area contributed by atoms with E-state index >= 15 is 0 Å². The second-order valence-electron chi connectivity index (χ2n) is 3.12. The number of hydrazine groups is 1. The number of aliphatic hydroxyl groups is 2. The van der Waals surface area contributed by atoms with Gasteiger partial charge in [-0.3, -0.25) is 5.01 Å². The van der Waals surface area contributed by atoms with Crippen molar-refractivity contribution in [2.24, 2.45) is 5.73 Å². The Morgan fingerprint density at radius 3 is 2.79 bits per heavy atom. The highest BCUT2D eigenvalue weighted by Crippen LogP contribution is 2.02. The predicted octanol–water partition coefficient (Wildman–Crippen LogP) is -2.15. The van der Waals surface area contributed by atoms with Crippen molar-refractivity contribution in [1.29, 1.82) is 0 Å². The summed E-state index contributed by atoms with van der Waals surface area (Å²) in [5.74, 6) is 0. The number of urea groups is 1. The van der Waals surface area contributed by atoms with Gasteiger partial charge in [0, 0.05) is 26.1 Å². The van der Waals surface area contributed by atoms with E-state index in [2.05, 4.69) is 5.32 Å². The van der Waals surface area contributed by atoms with E-state index in [-0.39, 0.29) is 13.0 Å². The predicted molar refractivity (Wildman–Crippen MR) is 48.7 cm³/mol. The molecule has 0 aromatic rings. The summed E-state index contributed by atoms with van der Waals surface area (Å²) < 4.78 is 0. The quantitative estimate of drug-likeness (QED) is 0.391. The summed E-state index contributed by atoms with van der Waals surface area (Å²) in [5.41, 5.74) is 5.16. The van der Waals surface area contributed by atoms with Crippen LogP contribution in [-0.2, 0) is 0 Å². The van der Waals surface area contributed by atoms with Gasteiger partial charge in [-0.05, 0) is 0 Å². The number of nitrogens with zero attached hydrogens (tertiary/aromatic N) is 2. The van der Waals surface area contributed by atoms with Gasteiger partial charge in [0.2, 0.25) is 0 Å². The smallest absolute Gasteiger partial charge is 0.329 e. The average Bonchev–Trinajstić information content (AvgIpc) is 2.56.